The molecule has 0 saturated heterocycles. The van der Waals surface area contributed by atoms with E-state index < -0.39 is 11.2 Å². The highest BCUT2D eigenvalue weighted by molar-refractivity contribution is 5.81. The first-order valence-corrected chi connectivity index (χ1v) is 7.63. The number of aromatic hydroxyl groups is 1. The summed E-state index contributed by atoms with van der Waals surface area (Å²) in [6.07, 6.45) is 1.51. The number of nitrogens with one attached hydrogen (secondary N) is 1. The van der Waals surface area contributed by atoms with Crippen LogP contribution < -0.4 is 21.4 Å². The molecule has 0 atom stereocenters. The van der Waals surface area contributed by atoms with Gasteiger partial charge in [0.1, 0.15) is 0 Å². The smallest absolute Gasteiger partial charge is 0.332 e. The maximum Gasteiger partial charge on any atom is 0.332 e. The fraction of sp³-hybridized carbons (Fsp3) is 0.250. The quantitative estimate of drug-likeness (QED) is 0.506. The lowest BCUT2D eigenvalue weighted by atomic mass is 10.2. The number of ether oxygens (including phenoxy) is 1. The summed E-state index contributed by atoms with van der Waals surface area (Å²) in [6, 6.07) is 4.78. The standard InChI is InChI=1S/C16H18N6O4/c1-20-12-13(21(2)16(25)22(3)14(12)24)18-15(20)19-17-8-9-5-6-10(23)11(7-9)26-4/h5-8,23H,1-4H3,(H,18,19)/b17-8-. The highest BCUT2D eigenvalue weighted by Gasteiger charge is 2.16. The van der Waals surface area contributed by atoms with Crippen LogP contribution in [0.4, 0.5) is 5.95 Å². The van der Waals surface area contributed by atoms with Gasteiger partial charge in [0.15, 0.2) is 22.7 Å². The molecule has 0 fully saturated rings. The summed E-state index contributed by atoms with van der Waals surface area (Å²) in [7, 11) is 6.08. The van der Waals surface area contributed by atoms with Crippen molar-refractivity contribution in [3.8, 4) is 11.5 Å². The van der Waals surface area contributed by atoms with Crippen molar-refractivity contribution < 1.29 is 9.84 Å². The van der Waals surface area contributed by atoms with Gasteiger partial charge >= 0.3 is 5.69 Å². The zero-order valence-electron chi connectivity index (χ0n) is 14.7. The van der Waals surface area contributed by atoms with Crippen molar-refractivity contribution in [1.29, 1.82) is 0 Å². The largest absolute Gasteiger partial charge is 0.504 e. The summed E-state index contributed by atoms with van der Waals surface area (Å²) in [4.78, 5) is 28.6. The van der Waals surface area contributed by atoms with Gasteiger partial charge in [-0.1, -0.05) is 0 Å². The number of hydrogen-bond acceptors (Lipinski definition) is 7. The van der Waals surface area contributed by atoms with Crippen molar-refractivity contribution in [3.05, 3.63) is 44.6 Å². The van der Waals surface area contributed by atoms with E-state index in [1.807, 2.05) is 0 Å². The molecule has 0 bridgehead atoms. The second-order valence-electron chi connectivity index (χ2n) is 5.67. The van der Waals surface area contributed by atoms with Gasteiger partial charge in [0.25, 0.3) is 5.56 Å². The minimum atomic E-state index is -0.452. The molecular weight excluding hydrogens is 340 g/mol. The summed E-state index contributed by atoms with van der Waals surface area (Å²) < 4.78 is 8.90. The molecule has 0 saturated carbocycles. The Kier molecular flexibility index (Phi) is 4.24. The molecule has 2 N–H and O–H groups in total. The third kappa shape index (κ3) is 2.70. The molecule has 0 aliphatic rings. The van der Waals surface area contributed by atoms with Crippen LogP contribution in [0.15, 0.2) is 32.9 Å². The first-order chi connectivity index (χ1) is 12.3. The molecule has 0 amide bonds. The van der Waals surface area contributed by atoms with Gasteiger partial charge in [-0.05, 0) is 23.8 Å². The number of aryl methyl sites for hydroxylation is 2. The zero-order valence-corrected chi connectivity index (χ0v) is 14.7. The second kappa shape index (κ2) is 6.39. The maximum absolute atomic E-state index is 12.3. The third-order valence-electron chi connectivity index (χ3n) is 4.06. The van der Waals surface area contributed by atoms with E-state index >= 15 is 0 Å². The molecule has 2 heterocycles. The number of hydrazone groups is 1. The van der Waals surface area contributed by atoms with Crippen LogP contribution in [0, 0.1) is 0 Å². The van der Waals surface area contributed by atoms with Gasteiger partial charge in [0, 0.05) is 21.1 Å². The molecule has 0 unspecified atom stereocenters. The first-order valence-electron chi connectivity index (χ1n) is 7.63. The van der Waals surface area contributed by atoms with Gasteiger partial charge in [-0.3, -0.25) is 13.9 Å². The molecular formula is C16H18N6O4. The van der Waals surface area contributed by atoms with Crippen molar-refractivity contribution in [1.82, 2.24) is 18.7 Å². The molecule has 10 nitrogen and oxygen atoms in total. The number of aromatic nitrogens is 4. The predicted molar refractivity (Wildman–Crippen MR) is 97.1 cm³/mol. The zero-order chi connectivity index (χ0) is 19.0. The topological polar surface area (TPSA) is 116 Å². The van der Waals surface area contributed by atoms with Gasteiger partial charge < -0.3 is 14.4 Å². The Morgan fingerprint density at radius 2 is 1.92 bits per heavy atom. The summed E-state index contributed by atoms with van der Waals surface area (Å²) in [5, 5.41) is 13.7. The number of fused-ring (bicyclic) bond motifs is 1. The summed E-state index contributed by atoms with van der Waals surface area (Å²) >= 11 is 0. The van der Waals surface area contributed by atoms with E-state index in [-0.39, 0.29) is 11.4 Å². The van der Waals surface area contributed by atoms with Crippen molar-refractivity contribution >= 4 is 23.3 Å². The molecule has 2 aromatic heterocycles. The Labute approximate surface area is 147 Å². The Balaban J connectivity index is 1.96. The molecule has 0 aliphatic carbocycles. The van der Waals surface area contributed by atoms with Gasteiger partial charge in [-0.15, -0.1) is 0 Å². The molecule has 1 aromatic carbocycles. The van der Waals surface area contributed by atoms with Crippen LogP contribution in [0.3, 0.4) is 0 Å². The highest BCUT2D eigenvalue weighted by Crippen LogP contribution is 2.25. The average molecular weight is 358 g/mol. The molecule has 0 spiro atoms. The molecule has 0 aliphatic heterocycles. The van der Waals surface area contributed by atoms with E-state index in [4.69, 9.17) is 4.74 Å². The number of phenolic OH excluding ortho intramolecular Hbond substituents is 1. The van der Waals surface area contributed by atoms with Gasteiger partial charge in [-0.2, -0.15) is 10.1 Å². The minimum Gasteiger partial charge on any atom is -0.504 e. The lowest BCUT2D eigenvalue weighted by Crippen LogP contribution is -2.37. The van der Waals surface area contributed by atoms with Gasteiger partial charge in [-0.25, -0.2) is 10.2 Å². The Hall–Kier alpha value is -3.56. The number of imidazole rings is 1. The molecule has 3 aromatic rings. The molecule has 26 heavy (non-hydrogen) atoms. The van der Waals surface area contributed by atoms with E-state index in [0.29, 0.717) is 22.8 Å². The van der Waals surface area contributed by atoms with Crippen LogP contribution in [0.2, 0.25) is 0 Å². The van der Waals surface area contributed by atoms with Crippen molar-refractivity contribution in [2.75, 3.05) is 12.5 Å². The minimum absolute atomic E-state index is 0.0322. The van der Waals surface area contributed by atoms with Gasteiger partial charge in [0.05, 0.1) is 13.3 Å². The normalized spacial score (nSPS) is 11.4. The van der Waals surface area contributed by atoms with Crippen LogP contribution >= 0.6 is 0 Å². The fourth-order valence-electron chi connectivity index (χ4n) is 2.56. The number of anilines is 1. The molecule has 3 rings (SSSR count). The van der Waals surface area contributed by atoms with Crippen LogP contribution in [0.25, 0.3) is 11.2 Å². The molecule has 10 heteroatoms. The van der Waals surface area contributed by atoms with Crippen LogP contribution in [0.5, 0.6) is 11.5 Å². The number of phenols is 1. The summed E-state index contributed by atoms with van der Waals surface area (Å²) in [5.41, 5.74) is 3.11. The monoisotopic (exact) mass is 358 g/mol. The van der Waals surface area contributed by atoms with E-state index in [1.165, 1.54) is 35.6 Å². The van der Waals surface area contributed by atoms with Crippen LogP contribution in [-0.2, 0) is 21.1 Å². The highest BCUT2D eigenvalue weighted by atomic mass is 16.5. The Bertz CT molecular complexity index is 1140. The van der Waals surface area contributed by atoms with Gasteiger partial charge in [0.2, 0.25) is 5.95 Å². The maximum atomic E-state index is 12.3. The number of rotatable bonds is 4. The average Bonchev–Trinajstić information content (AvgIpc) is 2.96. The predicted octanol–water partition coefficient (Wildman–Crippen LogP) is 0.131. The van der Waals surface area contributed by atoms with E-state index in [0.717, 1.165) is 4.57 Å². The lowest BCUT2D eigenvalue weighted by molar-refractivity contribution is 0.373. The summed E-state index contributed by atoms with van der Waals surface area (Å²) in [6.45, 7) is 0. The number of methoxy groups -OCH3 is 1. The SMILES string of the molecule is COc1cc(/C=N\Nc2nc3c(c(=O)n(C)c(=O)n3C)n2C)ccc1O. The van der Waals surface area contributed by atoms with E-state index in [1.54, 1.807) is 26.2 Å². The van der Waals surface area contributed by atoms with Crippen molar-refractivity contribution in [2.24, 2.45) is 26.2 Å². The van der Waals surface area contributed by atoms with Crippen LogP contribution in [-0.4, -0.2) is 37.1 Å². The lowest BCUT2D eigenvalue weighted by Gasteiger charge is -2.04. The molecule has 0 radical (unpaired) electrons. The first kappa shape index (κ1) is 17.3. The van der Waals surface area contributed by atoms with E-state index in [9.17, 15) is 14.7 Å². The second-order valence-corrected chi connectivity index (χ2v) is 5.67. The van der Waals surface area contributed by atoms with E-state index in [2.05, 4.69) is 15.5 Å². The molecule has 136 valence electrons. The fourth-order valence-corrected chi connectivity index (χ4v) is 2.56. The number of nitrogens with zero attached hydrogens (tertiary/aromatic N) is 5. The summed E-state index contributed by atoms with van der Waals surface area (Å²) in [5.74, 6) is 0.667. The third-order valence-corrected chi connectivity index (χ3v) is 4.06. The van der Waals surface area contributed by atoms with Crippen molar-refractivity contribution in [2.45, 2.75) is 0 Å². The van der Waals surface area contributed by atoms with Crippen LogP contribution in [0.1, 0.15) is 5.56 Å². The Morgan fingerprint density at radius 1 is 1.19 bits per heavy atom. The van der Waals surface area contributed by atoms with Crippen molar-refractivity contribution in [3.63, 3.8) is 0 Å². The number of hydrogen-bond donors (Lipinski definition) is 2. The Morgan fingerprint density at radius 3 is 2.62 bits per heavy atom. The number of benzene rings is 1.